The fourth-order valence-corrected chi connectivity index (χ4v) is 2.15. The molecular weight excluding hydrogens is 289 g/mol. The zero-order chi connectivity index (χ0) is 14.4. The number of carbonyl (C=O) groups is 2. The summed E-state index contributed by atoms with van der Waals surface area (Å²) >= 11 is 5.62. The number of halogens is 2. The van der Waals surface area contributed by atoms with Crippen molar-refractivity contribution in [3.05, 3.63) is 40.3 Å². The number of carbonyl (C=O) groups excluding carboxylic acids is 2. The zero-order valence-electron chi connectivity index (χ0n) is 10.2. The lowest BCUT2D eigenvalue weighted by Gasteiger charge is -2.13. The standard InChI is InChI=1S/C12H7ClFN3O3/c1-5-15-16-10(20-5)4-17-9-3-8(14)7(13)2-6(9)11(18)12(17)19/h2-3H,4H2,1H3. The van der Waals surface area contributed by atoms with Crippen molar-refractivity contribution in [2.75, 3.05) is 4.90 Å². The molecule has 0 N–H and O–H groups in total. The van der Waals surface area contributed by atoms with E-state index in [4.69, 9.17) is 16.0 Å². The third-order valence-electron chi connectivity index (χ3n) is 2.87. The van der Waals surface area contributed by atoms with Crippen molar-refractivity contribution in [1.29, 1.82) is 0 Å². The number of rotatable bonds is 2. The molecule has 0 unspecified atom stereocenters. The monoisotopic (exact) mass is 295 g/mol. The Bertz CT molecular complexity index is 744. The van der Waals surface area contributed by atoms with Crippen molar-refractivity contribution in [1.82, 2.24) is 10.2 Å². The first-order chi connectivity index (χ1) is 9.47. The molecule has 2 aromatic rings. The molecule has 8 heteroatoms. The molecule has 1 aromatic heterocycles. The van der Waals surface area contributed by atoms with Gasteiger partial charge in [-0.05, 0) is 12.1 Å². The summed E-state index contributed by atoms with van der Waals surface area (Å²) in [5, 5.41) is 7.16. The van der Waals surface area contributed by atoms with Gasteiger partial charge in [0.15, 0.2) is 0 Å². The van der Waals surface area contributed by atoms with Gasteiger partial charge in [0.05, 0.1) is 16.3 Å². The summed E-state index contributed by atoms with van der Waals surface area (Å²) in [6, 6.07) is 2.19. The predicted octanol–water partition coefficient (Wildman–Crippen LogP) is 1.90. The van der Waals surface area contributed by atoms with Crippen LogP contribution in [0.25, 0.3) is 0 Å². The predicted molar refractivity (Wildman–Crippen MR) is 66.0 cm³/mol. The van der Waals surface area contributed by atoms with Gasteiger partial charge in [-0.2, -0.15) is 0 Å². The molecule has 0 atom stereocenters. The number of hydrogen-bond donors (Lipinski definition) is 0. The number of amides is 1. The highest BCUT2D eigenvalue weighted by Gasteiger charge is 2.37. The molecule has 1 aliphatic heterocycles. The number of Topliss-reactive ketones (excluding diaryl/α,β-unsaturated/α-hetero) is 1. The minimum absolute atomic E-state index is 0.0673. The Morgan fingerprint density at radius 3 is 2.75 bits per heavy atom. The molecule has 20 heavy (non-hydrogen) atoms. The van der Waals surface area contributed by atoms with E-state index in [-0.39, 0.29) is 28.7 Å². The van der Waals surface area contributed by atoms with Crippen LogP contribution in [0.2, 0.25) is 5.02 Å². The molecule has 0 aliphatic carbocycles. The molecule has 6 nitrogen and oxygen atoms in total. The minimum Gasteiger partial charge on any atom is -0.424 e. The average Bonchev–Trinajstić information content (AvgIpc) is 2.90. The molecule has 0 saturated carbocycles. The van der Waals surface area contributed by atoms with E-state index < -0.39 is 17.5 Å². The van der Waals surface area contributed by atoms with Gasteiger partial charge in [0.25, 0.3) is 11.7 Å². The number of anilines is 1. The van der Waals surface area contributed by atoms with Crippen LogP contribution in [0.4, 0.5) is 10.1 Å². The second-order valence-corrected chi connectivity index (χ2v) is 4.63. The van der Waals surface area contributed by atoms with E-state index in [0.717, 1.165) is 17.0 Å². The highest BCUT2D eigenvalue weighted by Crippen LogP contribution is 2.33. The Hall–Kier alpha value is -2.28. The first-order valence-corrected chi connectivity index (χ1v) is 5.99. The maximum absolute atomic E-state index is 13.5. The lowest BCUT2D eigenvalue weighted by molar-refractivity contribution is -0.114. The third kappa shape index (κ3) is 1.87. The van der Waals surface area contributed by atoms with Gasteiger partial charge >= 0.3 is 0 Å². The van der Waals surface area contributed by atoms with Crippen LogP contribution in [0.1, 0.15) is 22.1 Å². The van der Waals surface area contributed by atoms with Crippen molar-refractivity contribution in [3.63, 3.8) is 0 Å². The molecular formula is C12H7ClFN3O3. The molecule has 1 amide bonds. The van der Waals surface area contributed by atoms with Crippen LogP contribution in [0.15, 0.2) is 16.5 Å². The van der Waals surface area contributed by atoms with Crippen molar-refractivity contribution in [3.8, 4) is 0 Å². The average molecular weight is 296 g/mol. The van der Waals surface area contributed by atoms with Gasteiger partial charge in [-0.25, -0.2) is 4.39 Å². The maximum Gasteiger partial charge on any atom is 0.299 e. The van der Waals surface area contributed by atoms with Crippen LogP contribution in [0.5, 0.6) is 0 Å². The molecule has 0 fully saturated rings. The summed E-state index contributed by atoms with van der Waals surface area (Å²) in [5.41, 5.74) is 0.218. The summed E-state index contributed by atoms with van der Waals surface area (Å²) in [4.78, 5) is 24.8. The number of aromatic nitrogens is 2. The number of benzene rings is 1. The lowest BCUT2D eigenvalue weighted by Crippen LogP contribution is -2.29. The Balaban J connectivity index is 2.03. The van der Waals surface area contributed by atoms with Crippen LogP contribution >= 0.6 is 11.6 Å². The number of hydrogen-bond acceptors (Lipinski definition) is 5. The van der Waals surface area contributed by atoms with E-state index in [2.05, 4.69) is 10.2 Å². The molecule has 0 bridgehead atoms. The van der Waals surface area contributed by atoms with Gasteiger partial charge < -0.3 is 4.42 Å². The van der Waals surface area contributed by atoms with E-state index in [0.29, 0.717) is 5.89 Å². The topological polar surface area (TPSA) is 76.3 Å². The second kappa shape index (κ2) is 4.38. The van der Waals surface area contributed by atoms with Gasteiger partial charge in [0.2, 0.25) is 11.8 Å². The van der Waals surface area contributed by atoms with Crippen LogP contribution in [0.3, 0.4) is 0 Å². The highest BCUT2D eigenvalue weighted by molar-refractivity contribution is 6.52. The quantitative estimate of drug-likeness (QED) is 0.791. The SMILES string of the molecule is Cc1nnc(CN2C(=O)C(=O)c3cc(Cl)c(F)cc32)o1. The van der Waals surface area contributed by atoms with Gasteiger partial charge in [-0.1, -0.05) is 11.6 Å². The Labute approximate surface area is 117 Å². The van der Waals surface area contributed by atoms with Crippen LogP contribution < -0.4 is 4.90 Å². The number of nitrogens with zero attached hydrogens (tertiary/aromatic N) is 3. The summed E-state index contributed by atoms with van der Waals surface area (Å²) in [7, 11) is 0. The summed E-state index contributed by atoms with van der Waals surface area (Å²) in [6.45, 7) is 1.50. The largest absolute Gasteiger partial charge is 0.424 e. The van der Waals surface area contributed by atoms with E-state index >= 15 is 0 Å². The van der Waals surface area contributed by atoms with Crippen LogP contribution in [-0.4, -0.2) is 21.9 Å². The van der Waals surface area contributed by atoms with Gasteiger partial charge in [-0.15, -0.1) is 10.2 Å². The Morgan fingerprint density at radius 2 is 2.10 bits per heavy atom. The highest BCUT2D eigenvalue weighted by atomic mass is 35.5. The smallest absolute Gasteiger partial charge is 0.299 e. The molecule has 0 saturated heterocycles. The van der Waals surface area contributed by atoms with Crippen molar-refractivity contribution >= 4 is 29.0 Å². The molecule has 1 aromatic carbocycles. The van der Waals surface area contributed by atoms with E-state index in [1.807, 2.05) is 0 Å². The molecule has 0 spiro atoms. The Morgan fingerprint density at radius 1 is 1.35 bits per heavy atom. The van der Waals surface area contributed by atoms with Gasteiger partial charge in [-0.3, -0.25) is 14.5 Å². The maximum atomic E-state index is 13.5. The molecule has 3 rings (SSSR count). The molecule has 1 aliphatic rings. The van der Waals surface area contributed by atoms with E-state index in [9.17, 15) is 14.0 Å². The zero-order valence-corrected chi connectivity index (χ0v) is 10.9. The fourth-order valence-electron chi connectivity index (χ4n) is 1.98. The van der Waals surface area contributed by atoms with E-state index in [1.54, 1.807) is 6.92 Å². The summed E-state index contributed by atoms with van der Waals surface area (Å²) < 4.78 is 18.7. The molecule has 2 heterocycles. The number of fused-ring (bicyclic) bond motifs is 1. The molecule has 0 radical (unpaired) electrons. The van der Waals surface area contributed by atoms with E-state index in [1.165, 1.54) is 0 Å². The van der Waals surface area contributed by atoms with Crippen LogP contribution in [0, 0.1) is 12.7 Å². The molecule has 102 valence electrons. The van der Waals surface area contributed by atoms with Crippen molar-refractivity contribution < 1.29 is 18.4 Å². The van der Waals surface area contributed by atoms with Crippen molar-refractivity contribution in [2.45, 2.75) is 13.5 Å². The van der Waals surface area contributed by atoms with Crippen LogP contribution in [-0.2, 0) is 11.3 Å². The normalized spacial score (nSPS) is 14.1. The minimum atomic E-state index is -0.780. The van der Waals surface area contributed by atoms with Gasteiger partial charge in [0.1, 0.15) is 12.4 Å². The first kappa shape index (κ1) is 12.7. The third-order valence-corrected chi connectivity index (χ3v) is 3.16. The van der Waals surface area contributed by atoms with Crippen molar-refractivity contribution in [2.24, 2.45) is 0 Å². The Kier molecular flexibility index (Phi) is 2.79. The second-order valence-electron chi connectivity index (χ2n) is 4.22. The first-order valence-electron chi connectivity index (χ1n) is 5.61. The van der Waals surface area contributed by atoms with Gasteiger partial charge in [0, 0.05) is 6.92 Å². The number of aryl methyl sites for hydroxylation is 1. The summed E-state index contributed by atoms with van der Waals surface area (Å²) in [6.07, 6.45) is 0. The lowest BCUT2D eigenvalue weighted by atomic mass is 10.1. The summed E-state index contributed by atoms with van der Waals surface area (Å²) in [5.74, 6) is -1.73. The number of ketones is 1. The fraction of sp³-hybridized carbons (Fsp3) is 0.167.